The van der Waals surface area contributed by atoms with Gasteiger partial charge in [-0.25, -0.2) is 4.79 Å². The van der Waals surface area contributed by atoms with E-state index in [1.54, 1.807) is 6.07 Å². The molecule has 0 heterocycles. The minimum absolute atomic E-state index is 0.349. The van der Waals surface area contributed by atoms with Crippen LogP contribution in [0.5, 0.6) is 0 Å². The van der Waals surface area contributed by atoms with Crippen molar-refractivity contribution in [2.24, 2.45) is 0 Å². The van der Waals surface area contributed by atoms with Crippen molar-refractivity contribution in [3.63, 3.8) is 0 Å². The molecule has 18 heavy (non-hydrogen) atoms. The average molecular weight is 269 g/mol. The maximum Gasteiger partial charge on any atom is 0.338 e. The SMILES string of the molecule is CCOCCCNc1cccc(SC)c1C(=O)O. The van der Waals surface area contributed by atoms with Crippen molar-refractivity contribution >= 4 is 23.4 Å². The Balaban J connectivity index is 2.67. The van der Waals surface area contributed by atoms with Crippen LogP contribution in [0.3, 0.4) is 0 Å². The lowest BCUT2D eigenvalue weighted by atomic mass is 10.1. The van der Waals surface area contributed by atoms with Crippen molar-refractivity contribution < 1.29 is 14.6 Å². The highest BCUT2D eigenvalue weighted by atomic mass is 32.2. The summed E-state index contributed by atoms with van der Waals surface area (Å²) in [4.78, 5) is 12.0. The smallest absolute Gasteiger partial charge is 0.338 e. The molecule has 5 heteroatoms. The van der Waals surface area contributed by atoms with Gasteiger partial charge in [-0.1, -0.05) is 6.07 Å². The summed E-state index contributed by atoms with van der Waals surface area (Å²) < 4.78 is 5.23. The predicted molar refractivity (Wildman–Crippen MR) is 74.8 cm³/mol. The number of aromatic carboxylic acids is 1. The van der Waals surface area contributed by atoms with Crippen LogP contribution in [0.1, 0.15) is 23.7 Å². The monoisotopic (exact) mass is 269 g/mol. The first-order valence-corrected chi connectivity index (χ1v) is 7.15. The van der Waals surface area contributed by atoms with Gasteiger partial charge < -0.3 is 15.2 Å². The second kappa shape index (κ2) is 8.00. The highest BCUT2D eigenvalue weighted by Gasteiger charge is 2.14. The summed E-state index contributed by atoms with van der Waals surface area (Å²) in [5.41, 5.74) is 1.02. The van der Waals surface area contributed by atoms with Gasteiger partial charge in [-0.05, 0) is 31.7 Å². The van der Waals surface area contributed by atoms with Gasteiger partial charge >= 0.3 is 5.97 Å². The first-order valence-electron chi connectivity index (χ1n) is 5.92. The Hall–Kier alpha value is -1.20. The highest BCUT2D eigenvalue weighted by Crippen LogP contribution is 2.27. The van der Waals surface area contributed by atoms with Crippen molar-refractivity contribution in [2.45, 2.75) is 18.2 Å². The Labute approximate surface area is 112 Å². The van der Waals surface area contributed by atoms with E-state index in [2.05, 4.69) is 5.32 Å². The number of carbonyl (C=O) groups is 1. The first kappa shape index (κ1) is 14.9. The molecule has 0 aromatic heterocycles. The summed E-state index contributed by atoms with van der Waals surface area (Å²) in [6.45, 7) is 4.06. The van der Waals surface area contributed by atoms with Crippen LogP contribution in [0.4, 0.5) is 5.69 Å². The number of carboxylic acid groups (broad SMARTS) is 1. The van der Waals surface area contributed by atoms with Crippen LogP contribution in [0.2, 0.25) is 0 Å². The van der Waals surface area contributed by atoms with Gasteiger partial charge in [0, 0.05) is 30.3 Å². The van der Waals surface area contributed by atoms with E-state index >= 15 is 0 Å². The van der Waals surface area contributed by atoms with Gasteiger partial charge in [0.2, 0.25) is 0 Å². The molecule has 0 aliphatic heterocycles. The van der Waals surface area contributed by atoms with Gasteiger partial charge in [-0.3, -0.25) is 0 Å². The third kappa shape index (κ3) is 4.23. The summed E-state index contributed by atoms with van der Waals surface area (Å²) in [6.07, 6.45) is 2.73. The van der Waals surface area contributed by atoms with E-state index in [1.807, 2.05) is 25.3 Å². The van der Waals surface area contributed by atoms with Crippen molar-refractivity contribution in [3.05, 3.63) is 23.8 Å². The minimum atomic E-state index is -0.896. The van der Waals surface area contributed by atoms with Crippen molar-refractivity contribution in [1.82, 2.24) is 0 Å². The molecule has 0 unspecified atom stereocenters. The molecule has 0 bridgehead atoms. The molecule has 1 aromatic carbocycles. The number of hydrogen-bond acceptors (Lipinski definition) is 4. The zero-order chi connectivity index (χ0) is 13.4. The molecule has 1 rings (SSSR count). The lowest BCUT2D eigenvalue weighted by Gasteiger charge is -2.12. The zero-order valence-corrected chi connectivity index (χ0v) is 11.5. The third-order valence-electron chi connectivity index (χ3n) is 2.45. The molecular formula is C13H19NO3S. The summed E-state index contributed by atoms with van der Waals surface area (Å²) >= 11 is 1.44. The number of anilines is 1. The van der Waals surface area contributed by atoms with Crippen LogP contribution in [0, 0.1) is 0 Å². The van der Waals surface area contributed by atoms with Gasteiger partial charge in [-0.15, -0.1) is 11.8 Å². The standard InChI is InChI=1S/C13H19NO3S/c1-3-17-9-5-8-14-10-6-4-7-11(18-2)12(10)13(15)16/h4,6-7,14H,3,5,8-9H2,1-2H3,(H,15,16). The number of nitrogens with one attached hydrogen (secondary N) is 1. The van der Waals surface area contributed by atoms with E-state index in [0.29, 0.717) is 31.0 Å². The molecule has 4 nitrogen and oxygen atoms in total. The van der Waals surface area contributed by atoms with E-state index in [1.165, 1.54) is 11.8 Å². The molecule has 0 atom stereocenters. The zero-order valence-electron chi connectivity index (χ0n) is 10.7. The van der Waals surface area contributed by atoms with Crippen LogP contribution < -0.4 is 5.32 Å². The third-order valence-corrected chi connectivity index (χ3v) is 3.23. The highest BCUT2D eigenvalue weighted by molar-refractivity contribution is 7.98. The van der Waals surface area contributed by atoms with E-state index in [-0.39, 0.29) is 0 Å². The lowest BCUT2D eigenvalue weighted by molar-refractivity contribution is 0.0694. The molecule has 0 aliphatic carbocycles. The number of ether oxygens (including phenoxy) is 1. The largest absolute Gasteiger partial charge is 0.478 e. The van der Waals surface area contributed by atoms with Crippen LogP contribution in [0.25, 0.3) is 0 Å². The topological polar surface area (TPSA) is 58.6 Å². The molecule has 0 amide bonds. The number of rotatable bonds is 8. The predicted octanol–water partition coefficient (Wildman–Crippen LogP) is 2.95. The number of hydrogen-bond donors (Lipinski definition) is 2. The second-order valence-electron chi connectivity index (χ2n) is 3.67. The Morgan fingerprint density at radius 1 is 1.50 bits per heavy atom. The fourth-order valence-corrected chi connectivity index (χ4v) is 2.23. The van der Waals surface area contributed by atoms with Gasteiger partial charge in [0.25, 0.3) is 0 Å². The fourth-order valence-electron chi connectivity index (χ4n) is 1.61. The molecule has 0 aliphatic rings. The fraction of sp³-hybridized carbons (Fsp3) is 0.462. The Morgan fingerprint density at radius 3 is 2.89 bits per heavy atom. The molecule has 2 N–H and O–H groups in total. The second-order valence-corrected chi connectivity index (χ2v) is 4.51. The molecule has 0 fully saturated rings. The maximum atomic E-state index is 11.3. The van der Waals surface area contributed by atoms with Gasteiger partial charge in [0.1, 0.15) is 0 Å². The average Bonchev–Trinajstić information content (AvgIpc) is 2.37. The molecule has 100 valence electrons. The van der Waals surface area contributed by atoms with Crippen molar-refractivity contribution in [3.8, 4) is 0 Å². The molecule has 0 saturated heterocycles. The van der Waals surface area contributed by atoms with E-state index in [4.69, 9.17) is 4.74 Å². The van der Waals surface area contributed by atoms with Crippen LogP contribution in [-0.2, 0) is 4.74 Å². The normalized spacial score (nSPS) is 10.3. The molecule has 0 spiro atoms. The summed E-state index contributed by atoms with van der Waals surface area (Å²) in [5.74, 6) is -0.896. The summed E-state index contributed by atoms with van der Waals surface area (Å²) in [7, 11) is 0. The van der Waals surface area contributed by atoms with Crippen LogP contribution >= 0.6 is 11.8 Å². The van der Waals surface area contributed by atoms with Crippen molar-refractivity contribution in [1.29, 1.82) is 0 Å². The lowest BCUT2D eigenvalue weighted by Crippen LogP contribution is -2.10. The van der Waals surface area contributed by atoms with Crippen molar-refractivity contribution in [2.75, 3.05) is 31.3 Å². The Kier molecular flexibility index (Phi) is 6.60. The number of thioether (sulfide) groups is 1. The Bertz CT molecular complexity index is 396. The quantitative estimate of drug-likeness (QED) is 0.561. The van der Waals surface area contributed by atoms with E-state index in [0.717, 1.165) is 11.3 Å². The van der Waals surface area contributed by atoms with Crippen LogP contribution in [-0.4, -0.2) is 37.1 Å². The summed E-state index contributed by atoms with van der Waals surface area (Å²) in [6, 6.07) is 5.48. The Morgan fingerprint density at radius 2 is 2.28 bits per heavy atom. The number of benzene rings is 1. The van der Waals surface area contributed by atoms with E-state index in [9.17, 15) is 9.90 Å². The van der Waals surface area contributed by atoms with Gasteiger partial charge in [0.15, 0.2) is 0 Å². The minimum Gasteiger partial charge on any atom is -0.478 e. The van der Waals surface area contributed by atoms with Gasteiger partial charge in [-0.2, -0.15) is 0 Å². The van der Waals surface area contributed by atoms with Gasteiger partial charge in [0.05, 0.1) is 5.56 Å². The molecular weight excluding hydrogens is 250 g/mol. The van der Waals surface area contributed by atoms with Crippen LogP contribution in [0.15, 0.2) is 23.1 Å². The van der Waals surface area contributed by atoms with E-state index < -0.39 is 5.97 Å². The summed E-state index contributed by atoms with van der Waals surface area (Å²) in [5, 5.41) is 12.4. The number of carboxylic acids is 1. The molecule has 0 saturated carbocycles. The maximum absolute atomic E-state index is 11.3. The molecule has 1 aromatic rings. The molecule has 0 radical (unpaired) electrons. The first-order chi connectivity index (χ1) is 8.70.